The summed E-state index contributed by atoms with van der Waals surface area (Å²) in [5.41, 5.74) is 1.06. The van der Waals surface area contributed by atoms with Crippen LogP contribution in [0.2, 0.25) is 0 Å². The third-order valence-corrected chi connectivity index (χ3v) is 3.01. The third kappa shape index (κ3) is 4.67. The summed E-state index contributed by atoms with van der Waals surface area (Å²) >= 11 is 5.69. The zero-order valence-electron chi connectivity index (χ0n) is 9.26. The van der Waals surface area contributed by atoms with Crippen molar-refractivity contribution in [1.29, 1.82) is 0 Å². The van der Waals surface area contributed by atoms with Crippen LogP contribution in [0.25, 0.3) is 0 Å². The molecule has 0 saturated carbocycles. The van der Waals surface area contributed by atoms with Crippen molar-refractivity contribution in [3.05, 3.63) is 12.2 Å². The first-order valence-corrected chi connectivity index (χ1v) is 5.87. The number of likely N-dealkylation sites (tertiary alicyclic amines) is 1. The predicted molar refractivity (Wildman–Crippen MR) is 63.1 cm³/mol. The molecular weight excluding hydrogens is 212 g/mol. The van der Waals surface area contributed by atoms with Crippen LogP contribution >= 0.6 is 11.6 Å². The number of alkyl halides is 1. The van der Waals surface area contributed by atoms with Gasteiger partial charge in [0.15, 0.2) is 0 Å². The van der Waals surface area contributed by atoms with E-state index in [1.165, 1.54) is 0 Å². The quantitative estimate of drug-likeness (QED) is 0.585. The molecule has 0 atom stereocenters. The maximum absolute atomic E-state index is 10.9. The minimum absolute atomic E-state index is 0.0682. The number of carbonyl (C=O) groups is 1. The summed E-state index contributed by atoms with van der Waals surface area (Å²) in [6.07, 6.45) is 2.05. The Morgan fingerprint density at radius 2 is 2.13 bits per heavy atom. The second-order valence-electron chi connectivity index (χ2n) is 4.13. The number of hydrogen-bond acceptors (Lipinski definition) is 2. The molecule has 1 rings (SSSR count). The van der Waals surface area contributed by atoms with Gasteiger partial charge in [0.2, 0.25) is 5.91 Å². The van der Waals surface area contributed by atoms with Crippen LogP contribution in [0, 0.1) is 0 Å². The van der Waals surface area contributed by atoms with E-state index in [0.717, 1.165) is 38.0 Å². The molecule has 0 unspecified atom stereocenters. The standard InChI is InChI=1S/C11H19ClN2O/c1-9(7-12)8-14-5-3-11(4-6-14)13-10(2)15/h11H,1,3-8H2,2H3,(H,13,15). The third-order valence-electron chi connectivity index (χ3n) is 2.63. The minimum Gasteiger partial charge on any atom is -0.354 e. The zero-order valence-corrected chi connectivity index (χ0v) is 10.0. The first-order chi connectivity index (χ1) is 7.11. The summed E-state index contributed by atoms with van der Waals surface area (Å²) in [5, 5.41) is 2.96. The van der Waals surface area contributed by atoms with Crippen LogP contribution in [-0.2, 0) is 4.79 Å². The number of piperidine rings is 1. The predicted octanol–water partition coefficient (Wildman–Crippen LogP) is 1.38. The molecule has 0 aliphatic carbocycles. The molecule has 4 heteroatoms. The number of hydrogen-bond donors (Lipinski definition) is 1. The van der Waals surface area contributed by atoms with Crippen LogP contribution < -0.4 is 5.32 Å². The average molecular weight is 231 g/mol. The first-order valence-electron chi connectivity index (χ1n) is 5.34. The number of amides is 1. The zero-order chi connectivity index (χ0) is 11.3. The highest BCUT2D eigenvalue weighted by atomic mass is 35.5. The molecule has 1 aliphatic rings. The summed E-state index contributed by atoms with van der Waals surface area (Å²) in [5.74, 6) is 0.602. The van der Waals surface area contributed by atoms with E-state index in [1.807, 2.05) is 0 Å². The monoisotopic (exact) mass is 230 g/mol. The lowest BCUT2D eigenvalue weighted by atomic mass is 10.0. The number of carbonyl (C=O) groups excluding carboxylic acids is 1. The highest BCUT2D eigenvalue weighted by Gasteiger charge is 2.19. The summed E-state index contributed by atoms with van der Waals surface area (Å²) < 4.78 is 0. The van der Waals surface area contributed by atoms with E-state index in [0.29, 0.717) is 11.9 Å². The molecule has 1 amide bonds. The van der Waals surface area contributed by atoms with Crippen molar-refractivity contribution in [2.75, 3.05) is 25.5 Å². The second-order valence-corrected chi connectivity index (χ2v) is 4.40. The second kappa shape index (κ2) is 6.13. The summed E-state index contributed by atoms with van der Waals surface area (Å²) in [7, 11) is 0. The molecule has 0 radical (unpaired) electrons. The smallest absolute Gasteiger partial charge is 0.217 e. The van der Waals surface area contributed by atoms with Gasteiger partial charge in [0.25, 0.3) is 0 Å². The van der Waals surface area contributed by atoms with Crippen LogP contribution in [0.4, 0.5) is 0 Å². The molecule has 1 aliphatic heterocycles. The lowest BCUT2D eigenvalue weighted by Crippen LogP contribution is -2.44. The van der Waals surface area contributed by atoms with Gasteiger partial charge in [0.05, 0.1) is 0 Å². The molecule has 0 aromatic heterocycles. The van der Waals surface area contributed by atoms with E-state index in [2.05, 4.69) is 16.8 Å². The van der Waals surface area contributed by atoms with E-state index in [4.69, 9.17) is 11.6 Å². The molecule has 0 aromatic carbocycles. The maximum Gasteiger partial charge on any atom is 0.217 e. The van der Waals surface area contributed by atoms with Crippen LogP contribution in [0.15, 0.2) is 12.2 Å². The highest BCUT2D eigenvalue weighted by molar-refractivity contribution is 6.19. The van der Waals surface area contributed by atoms with Gasteiger partial charge in [0, 0.05) is 38.5 Å². The van der Waals surface area contributed by atoms with Crippen molar-refractivity contribution in [2.24, 2.45) is 0 Å². The van der Waals surface area contributed by atoms with Gasteiger partial charge in [-0.1, -0.05) is 6.58 Å². The van der Waals surface area contributed by atoms with Crippen molar-refractivity contribution in [1.82, 2.24) is 10.2 Å². The van der Waals surface area contributed by atoms with Gasteiger partial charge < -0.3 is 5.32 Å². The highest BCUT2D eigenvalue weighted by Crippen LogP contribution is 2.11. The van der Waals surface area contributed by atoms with E-state index in [9.17, 15) is 4.79 Å². The molecule has 1 saturated heterocycles. The molecule has 1 N–H and O–H groups in total. The SMILES string of the molecule is C=C(CCl)CN1CCC(NC(C)=O)CC1. The lowest BCUT2D eigenvalue weighted by Gasteiger charge is -2.32. The van der Waals surface area contributed by atoms with Gasteiger partial charge in [-0.2, -0.15) is 0 Å². The van der Waals surface area contributed by atoms with Crippen LogP contribution in [0.5, 0.6) is 0 Å². The molecule has 0 spiro atoms. The van der Waals surface area contributed by atoms with Gasteiger partial charge >= 0.3 is 0 Å². The van der Waals surface area contributed by atoms with E-state index in [-0.39, 0.29) is 5.91 Å². The fourth-order valence-electron chi connectivity index (χ4n) is 1.88. The topological polar surface area (TPSA) is 32.3 Å². The van der Waals surface area contributed by atoms with Crippen LogP contribution in [-0.4, -0.2) is 42.4 Å². The minimum atomic E-state index is 0.0682. The largest absolute Gasteiger partial charge is 0.354 e. The Labute approximate surface area is 96.5 Å². The fraction of sp³-hybridized carbons (Fsp3) is 0.727. The van der Waals surface area contributed by atoms with E-state index < -0.39 is 0 Å². The van der Waals surface area contributed by atoms with Crippen LogP contribution in [0.1, 0.15) is 19.8 Å². The lowest BCUT2D eigenvalue weighted by molar-refractivity contribution is -0.119. The maximum atomic E-state index is 10.9. The Morgan fingerprint density at radius 3 is 2.60 bits per heavy atom. The van der Waals surface area contributed by atoms with E-state index >= 15 is 0 Å². The van der Waals surface area contributed by atoms with Crippen molar-refractivity contribution >= 4 is 17.5 Å². The fourth-order valence-corrected chi connectivity index (χ4v) is 1.97. The van der Waals surface area contributed by atoms with Crippen molar-refractivity contribution < 1.29 is 4.79 Å². The summed E-state index contributed by atoms with van der Waals surface area (Å²) in [4.78, 5) is 13.2. The molecule has 0 bridgehead atoms. The van der Waals surface area contributed by atoms with Crippen molar-refractivity contribution in [3.8, 4) is 0 Å². The summed E-state index contributed by atoms with van der Waals surface area (Å²) in [6, 6.07) is 0.350. The Kier molecular flexibility index (Phi) is 5.12. The normalized spacial score (nSPS) is 18.8. The average Bonchev–Trinajstić information content (AvgIpc) is 2.20. The van der Waals surface area contributed by atoms with E-state index in [1.54, 1.807) is 6.92 Å². The molecule has 0 aromatic rings. The molecular formula is C11H19ClN2O. The number of halogens is 1. The van der Waals surface area contributed by atoms with Gasteiger partial charge in [-0.3, -0.25) is 9.69 Å². The molecule has 15 heavy (non-hydrogen) atoms. The van der Waals surface area contributed by atoms with Gasteiger partial charge in [0.1, 0.15) is 0 Å². The van der Waals surface area contributed by atoms with Gasteiger partial charge in [-0.15, -0.1) is 11.6 Å². The van der Waals surface area contributed by atoms with Crippen LogP contribution in [0.3, 0.4) is 0 Å². The number of nitrogens with one attached hydrogen (secondary N) is 1. The molecule has 3 nitrogen and oxygen atoms in total. The number of rotatable bonds is 4. The Balaban J connectivity index is 2.23. The Bertz CT molecular complexity index is 235. The molecule has 1 heterocycles. The van der Waals surface area contributed by atoms with Gasteiger partial charge in [-0.05, 0) is 18.4 Å². The molecule has 86 valence electrons. The van der Waals surface area contributed by atoms with Crippen molar-refractivity contribution in [3.63, 3.8) is 0 Å². The number of nitrogens with zero attached hydrogens (tertiary/aromatic N) is 1. The Hall–Kier alpha value is -0.540. The Morgan fingerprint density at radius 1 is 1.53 bits per heavy atom. The van der Waals surface area contributed by atoms with Crippen molar-refractivity contribution in [2.45, 2.75) is 25.8 Å². The van der Waals surface area contributed by atoms with Gasteiger partial charge in [-0.25, -0.2) is 0 Å². The molecule has 1 fully saturated rings. The summed E-state index contributed by atoms with van der Waals surface area (Å²) in [6.45, 7) is 8.38. The first kappa shape index (κ1) is 12.5.